The highest BCUT2D eigenvalue weighted by Gasteiger charge is 2.29. The van der Waals surface area contributed by atoms with Crippen LogP contribution in [0.4, 0.5) is 0 Å². The molecule has 0 saturated carbocycles. The summed E-state index contributed by atoms with van der Waals surface area (Å²) >= 11 is 1.59. The van der Waals surface area contributed by atoms with Gasteiger partial charge in [0.25, 0.3) is 5.91 Å². The second kappa shape index (κ2) is 6.44. The summed E-state index contributed by atoms with van der Waals surface area (Å²) in [5.74, 6) is 0.614. The van der Waals surface area contributed by atoms with Crippen LogP contribution in [0.3, 0.4) is 0 Å². The number of benzene rings is 1. The van der Waals surface area contributed by atoms with Crippen molar-refractivity contribution in [3.63, 3.8) is 0 Å². The van der Waals surface area contributed by atoms with Crippen LogP contribution in [0.1, 0.15) is 22.6 Å². The molecule has 2 aromatic heterocycles. The van der Waals surface area contributed by atoms with Crippen molar-refractivity contribution >= 4 is 37.3 Å². The van der Waals surface area contributed by atoms with Crippen molar-refractivity contribution in [2.24, 2.45) is 0 Å². The molecule has 6 nitrogen and oxygen atoms in total. The lowest BCUT2D eigenvalue weighted by Crippen LogP contribution is -2.35. The number of aromatic nitrogens is 2. The van der Waals surface area contributed by atoms with E-state index in [2.05, 4.69) is 15.3 Å². The van der Waals surface area contributed by atoms with Gasteiger partial charge in [0, 0.05) is 17.2 Å². The number of nitrogens with zero attached hydrogens (tertiary/aromatic N) is 2. The Morgan fingerprint density at radius 1 is 1.19 bits per heavy atom. The predicted octanol–water partition coefficient (Wildman–Crippen LogP) is 2.58. The molecule has 1 N–H and O–H groups in total. The van der Waals surface area contributed by atoms with E-state index in [4.69, 9.17) is 0 Å². The van der Waals surface area contributed by atoms with Crippen LogP contribution in [-0.2, 0) is 9.84 Å². The lowest BCUT2D eigenvalue weighted by molar-refractivity contribution is 0.0941. The van der Waals surface area contributed by atoms with E-state index < -0.39 is 9.84 Å². The van der Waals surface area contributed by atoms with Crippen LogP contribution < -0.4 is 5.32 Å². The van der Waals surface area contributed by atoms with Crippen LogP contribution in [0.2, 0.25) is 0 Å². The Kier molecular flexibility index (Phi) is 4.24. The number of thiophene rings is 1. The second-order valence-corrected chi connectivity index (χ2v) is 9.55. The molecule has 134 valence electrons. The minimum atomic E-state index is -3.01. The number of hydrogen-bond acceptors (Lipinski definition) is 6. The largest absolute Gasteiger partial charge is 0.348 e. The van der Waals surface area contributed by atoms with Gasteiger partial charge in [-0.15, -0.1) is 11.3 Å². The van der Waals surface area contributed by atoms with Crippen molar-refractivity contribution in [2.75, 3.05) is 11.5 Å². The minimum absolute atomic E-state index is 0.0212. The minimum Gasteiger partial charge on any atom is -0.348 e. The van der Waals surface area contributed by atoms with Crippen LogP contribution in [0, 0.1) is 6.92 Å². The summed E-state index contributed by atoms with van der Waals surface area (Å²) in [6.45, 7) is 1.86. The topological polar surface area (TPSA) is 89.0 Å². The Labute approximate surface area is 155 Å². The number of hydrogen-bond donors (Lipinski definition) is 1. The highest BCUT2D eigenvalue weighted by atomic mass is 32.2. The molecule has 0 aliphatic carbocycles. The standard InChI is InChI=1S/C18H17N3O3S2/c1-11-19-15-6-8-25-17(15)16(20-11)12-2-4-13(5-3-12)18(22)21-14-7-9-26(23,24)10-14/h2-6,8,14H,7,9-10H2,1H3,(H,21,22). The molecule has 1 aromatic carbocycles. The van der Waals surface area contributed by atoms with Crippen LogP contribution in [0.25, 0.3) is 21.5 Å². The van der Waals surface area contributed by atoms with Crippen LogP contribution in [0.15, 0.2) is 35.7 Å². The molecule has 3 aromatic rings. The molecule has 1 atom stereocenters. The van der Waals surface area contributed by atoms with Gasteiger partial charge in [0.15, 0.2) is 9.84 Å². The molecule has 1 amide bonds. The summed E-state index contributed by atoms with van der Waals surface area (Å²) < 4.78 is 24.0. The van der Waals surface area contributed by atoms with E-state index in [0.717, 1.165) is 21.5 Å². The fourth-order valence-corrected chi connectivity index (χ4v) is 5.65. The SMILES string of the molecule is Cc1nc(-c2ccc(C(=O)NC3CCS(=O)(=O)C3)cc2)c2sccc2n1. The molecule has 8 heteroatoms. The number of rotatable bonds is 3. The monoisotopic (exact) mass is 387 g/mol. The molecule has 1 aliphatic heterocycles. The quantitative estimate of drug-likeness (QED) is 0.746. The molecular formula is C18H17N3O3S2. The summed E-state index contributed by atoms with van der Waals surface area (Å²) in [6, 6.07) is 8.87. The molecule has 1 fully saturated rings. The molecule has 0 radical (unpaired) electrons. The van der Waals surface area contributed by atoms with Crippen molar-refractivity contribution in [3.05, 3.63) is 47.1 Å². The third kappa shape index (κ3) is 3.34. The summed E-state index contributed by atoms with van der Waals surface area (Å²) in [5, 5.41) is 4.79. The lowest BCUT2D eigenvalue weighted by atomic mass is 10.1. The molecule has 0 spiro atoms. The number of aryl methyl sites for hydroxylation is 1. The maximum atomic E-state index is 12.4. The van der Waals surface area contributed by atoms with Gasteiger partial charge in [-0.1, -0.05) is 12.1 Å². The second-order valence-electron chi connectivity index (χ2n) is 6.41. The van der Waals surface area contributed by atoms with Gasteiger partial charge in [-0.2, -0.15) is 0 Å². The Bertz CT molecular complexity index is 1090. The molecule has 1 saturated heterocycles. The van der Waals surface area contributed by atoms with Crippen LogP contribution in [0.5, 0.6) is 0 Å². The highest BCUT2D eigenvalue weighted by Crippen LogP contribution is 2.30. The van der Waals surface area contributed by atoms with E-state index in [1.807, 2.05) is 30.5 Å². The summed E-state index contributed by atoms with van der Waals surface area (Å²) in [6.07, 6.45) is 0.475. The molecule has 4 rings (SSSR count). The molecular weight excluding hydrogens is 370 g/mol. The smallest absolute Gasteiger partial charge is 0.251 e. The van der Waals surface area contributed by atoms with E-state index in [1.165, 1.54) is 0 Å². The van der Waals surface area contributed by atoms with E-state index in [9.17, 15) is 13.2 Å². The van der Waals surface area contributed by atoms with Gasteiger partial charge in [-0.3, -0.25) is 4.79 Å². The Balaban J connectivity index is 1.57. The molecule has 1 aliphatic rings. The first-order valence-electron chi connectivity index (χ1n) is 8.25. The van der Waals surface area contributed by atoms with Gasteiger partial charge in [0.2, 0.25) is 0 Å². The zero-order chi connectivity index (χ0) is 18.3. The zero-order valence-electron chi connectivity index (χ0n) is 14.1. The number of nitrogens with one attached hydrogen (secondary N) is 1. The van der Waals surface area contributed by atoms with Crippen molar-refractivity contribution < 1.29 is 13.2 Å². The van der Waals surface area contributed by atoms with Gasteiger partial charge >= 0.3 is 0 Å². The first-order chi connectivity index (χ1) is 12.4. The molecule has 1 unspecified atom stereocenters. The van der Waals surface area contributed by atoms with Gasteiger partial charge < -0.3 is 5.32 Å². The molecule has 0 bridgehead atoms. The Morgan fingerprint density at radius 2 is 1.96 bits per heavy atom. The number of sulfone groups is 1. The average molecular weight is 387 g/mol. The number of carbonyl (C=O) groups excluding carboxylic acids is 1. The number of fused-ring (bicyclic) bond motifs is 1. The third-order valence-electron chi connectivity index (χ3n) is 4.40. The van der Waals surface area contributed by atoms with Gasteiger partial charge in [-0.05, 0) is 36.9 Å². The Morgan fingerprint density at radius 3 is 2.65 bits per heavy atom. The summed E-state index contributed by atoms with van der Waals surface area (Å²) in [7, 11) is -3.01. The average Bonchev–Trinajstić information content (AvgIpc) is 3.20. The normalized spacial score (nSPS) is 18.9. The predicted molar refractivity (Wildman–Crippen MR) is 102 cm³/mol. The van der Waals surface area contributed by atoms with E-state index in [0.29, 0.717) is 17.8 Å². The molecule has 26 heavy (non-hydrogen) atoms. The first kappa shape index (κ1) is 17.1. The van der Waals surface area contributed by atoms with Crippen LogP contribution in [-0.4, -0.2) is 41.8 Å². The van der Waals surface area contributed by atoms with Crippen molar-refractivity contribution in [3.8, 4) is 11.3 Å². The fourth-order valence-electron chi connectivity index (χ4n) is 3.13. The maximum Gasteiger partial charge on any atom is 0.251 e. The fraction of sp³-hybridized carbons (Fsp3) is 0.278. The van der Waals surface area contributed by atoms with E-state index in [1.54, 1.807) is 23.5 Å². The maximum absolute atomic E-state index is 12.4. The number of carbonyl (C=O) groups is 1. The zero-order valence-corrected chi connectivity index (χ0v) is 15.7. The van der Waals surface area contributed by atoms with Gasteiger partial charge in [0.1, 0.15) is 5.82 Å². The number of amides is 1. The van der Waals surface area contributed by atoms with Crippen molar-refractivity contribution in [1.82, 2.24) is 15.3 Å². The van der Waals surface area contributed by atoms with Crippen LogP contribution >= 0.6 is 11.3 Å². The Hall–Kier alpha value is -2.32. The van der Waals surface area contributed by atoms with Gasteiger partial charge in [0.05, 0.1) is 27.4 Å². The summed E-state index contributed by atoms with van der Waals surface area (Å²) in [4.78, 5) is 21.3. The van der Waals surface area contributed by atoms with E-state index in [-0.39, 0.29) is 23.5 Å². The molecule has 3 heterocycles. The van der Waals surface area contributed by atoms with E-state index >= 15 is 0 Å². The van der Waals surface area contributed by atoms with Gasteiger partial charge in [-0.25, -0.2) is 18.4 Å². The van der Waals surface area contributed by atoms with Crippen molar-refractivity contribution in [2.45, 2.75) is 19.4 Å². The third-order valence-corrected chi connectivity index (χ3v) is 7.08. The first-order valence-corrected chi connectivity index (χ1v) is 10.9. The lowest BCUT2D eigenvalue weighted by Gasteiger charge is -2.11. The highest BCUT2D eigenvalue weighted by molar-refractivity contribution is 7.91. The van der Waals surface area contributed by atoms with Crippen molar-refractivity contribution in [1.29, 1.82) is 0 Å². The summed E-state index contributed by atoms with van der Waals surface area (Å²) in [5.41, 5.74) is 3.20.